The van der Waals surface area contributed by atoms with Gasteiger partial charge in [0.05, 0.1) is 6.04 Å². The van der Waals surface area contributed by atoms with E-state index in [2.05, 4.69) is 43.4 Å². The maximum atomic E-state index is 13.7. The van der Waals surface area contributed by atoms with Crippen molar-refractivity contribution in [3.63, 3.8) is 0 Å². The number of hydrogen-bond donors (Lipinski definition) is 1. The molecule has 2 aromatic carbocycles. The maximum Gasteiger partial charge on any atom is 0.123 e. The monoisotopic (exact) mass is 293 g/mol. The molecule has 0 spiro atoms. The predicted octanol–water partition coefficient (Wildman–Crippen LogP) is 5.27. The van der Waals surface area contributed by atoms with E-state index in [0.29, 0.717) is 11.8 Å². The summed E-state index contributed by atoms with van der Waals surface area (Å²) in [7, 11) is 0. The molecular weight excluding hydrogens is 273 g/mol. The molecular formula is C20H20FN. The van der Waals surface area contributed by atoms with Gasteiger partial charge < -0.3 is 5.32 Å². The second-order valence-corrected chi connectivity index (χ2v) is 6.58. The lowest BCUT2D eigenvalue weighted by Gasteiger charge is -2.38. The zero-order valence-corrected chi connectivity index (χ0v) is 12.9. The summed E-state index contributed by atoms with van der Waals surface area (Å²) in [6, 6.07) is 11.7. The van der Waals surface area contributed by atoms with Crippen LogP contribution in [-0.4, -0.2) is 0 Å². The van der Waals surface area contributed by atoms with Crippen LogP contribution in [0.2, 0.25) is 0 Å². The van der Waals surface area contributed by atoms with Gasteiger partial charge in [-0.05, 0) is 55.0 Å². The van der Waals surface area contributed by atoms with E-state index >= 15 is 0 Å². The Kier molecular flexibility index (Phi) is 3.07. The number of halogens is 1. The molecule has 1 N–H and O–H groups in total. The summed E-state index contributed by atoms with van der Waals surface area (Å²) in [5.74, 6) is 0.742. The van der Waals surface area contributed by atoms with Gasteiger partial charge in [-0.3, -0.25) is 0 Å². The summed E-state index contributed by atoms with van der Waals surface area (Å²) in [5, 5.41) is 3.70. The topological polar surface area (TPSA) is 12.0 Å². The van der Waals surface area contributed by atoms with Gasteiger partial charge in [-0.25, -0.2) is 4.39 Å². The molecule has 0 saturated heterocycles. The Labute approximate surface area is 130 Å². The summed E-state index contributed by atoms with van der Waals surface area (Å²) >= 11 is 0. The summed E-state index contributed by atoms with van der Waals surface area (Å²) in [5.41, 5.74) is 6.25. The molecule has 0 bridgehead atoms. The van der Waals surface area contributed by atoms with E-state index in [1.807, 2.05) is 6.07 Å². The number of anilines is 1. The quantitative estimate of drug-likeness (QED) is 0.706. The molecule has 3 atom stereocenters. The van der Waals surface area contributed by atoms with Crippen LogP contribution in [0.4, 0.5) is 10.1 Å². The number of nitrogens with one attached hydrogen (secondary N) is 1. The highest BCUT2D eigenvalue weighted by atomic mass is 19.1. The third-order valence-corrected chi connectivity index (χ3v) is 5.02. The van der Waals surface area contributed by atoms with Crippen molar-refractivity contribution in [3.05, 3.63) is 76.6 Å². The number of fused-ring (bicyclic) bond motifs is 3. The third-order valence-electron chi connectivity index (χ3n) is 5.02. The van der Waals surface area contributed by atoms with Gasteiger partial charge in [0, 0.05) is 11.6 Å². The number of benzene rings is 2. The molecule has 2 aliphatic rings. The van der Waals surface area contributed by atoms with Gasteiger partial charge in [0.2, 0.25) is 0 Å². The Bertz CT molecular complexity index is 762. The second kappa shape index (κ2) is 4.98. The number of aryl methyl sites for hydroxylation is 2. The molecule has 0 fully saturated rings. The second-order valence-electron chi connectivity index (χ2n) is 6.58. The highest BCUT2D eigenvalue weighted by molar-refractivity contribution is 5.65. The van der Waals surface area contributed by atoms with Crippen molar-refractivity contribution >= 4 is 5.69 Å². The van der Waals surface area contributed by atoms with Gasteiger partial charge in [0.25, 0.3) is 0 Å². The van der Waals surface area contributed by atoms with Crippen LogP contribution in [-0.2, 0) is 0 Å². The zero-order chi connectivity index (χ0) is 15.3. The first kappa shape index (κ1) is 13.6. The fraction of sp³-hybridized carbons (Fsp3) is 0.300. The van der Waals surface area contributed by atoms with Crippen LogP contribution in [0.3, 0.4) is 0 Å². The van der Waals surface area contributed by atoms with Gasteiger partial charge in [-0.1, -0.05) is 42.0 Å². The molecule has 0 aromatic heterocycles. The van der Waals surface area contributed by atoms with Crippen molar-refractivity contribution < 1.29 is 4.39 Å². The van der Waals surface area contributed by atoms with Crippen molar-refractivity contribution in [3.8, 4) is 0 Å². The first-order valence-corrected chi connectivity index (χ1v) is 7.93. The SMILES string of the molecule is Cc1cc(C)c2c(c1)[C@@H]1C=CC[C@H]1[C@H](c1cccc(F)c1)N2. The Morgan fingerprint density at radius 3 is 2.82 bits per heavy atom. The summed E-state index contributed by atoms with van der Waals surface area (Å²) in [4.78, 5) is 0. The van der Waals surface area contributed by atoms with E-state index in [9.17, 15) is 4.39 Å². The number of rotatable bonds is 1. The van der Waals surface area contributed by atoms with Gasteiger partial charge in [0.15, 0.2) is 0 Å². The van der Waals surface area contributed by atoms with Crippen LogP contribution in [0.1, 0.15) is 40.6 Å². The largest absolute Gasteiger partial charge is 0.377 e. The molecule has 112 valence electrons. The molecule has 2 aromatic rings. The van der Waals surface area contributed by atoms with Crippen LogP contribution in [0.15, 0.2) is 48.6 Å². The van der Waals surface area contributed by atoms with E-state index in [0.717, 1.165) is 12.0 Å². The van der Waals surface area contributed by atoms with Crippen molar-refractivity contribution in [2.75, 3.05) is 5.32 Å². The fourth-order valence-electron chi connectivity index (χ4n) is 4.10. The number of allylic oxidation sites excluding steroid dienone is 2. The van der Waals surface area contributed by atoms with Crippen LogP contribution < -0.4 is 5.32 Å². The lowest BCUT2D eigenvalue weighted by Crippen LogP contribution is -2.29. The molecule has 1 aliphatic carbocycles. The molecule has 4 rings (SSSR count). The fourth-order valence-corrected chi connectivity index (χ4v) is 4.10. The molecule has 0 saturated carbocycles. The minimum absolute atomic E-state index is 0.159. The van der Waals surface area contributed by atoms with Crippen LogP contribution in [0.25, 0.3) is 0 Å². The molecule has 0 radical (unpaired) electrons. The third kappa shape index (κ3) is 2.06. The highest BCUT2D eigenvalue weighted by Gasteiger charge is 2.38. The highest BCUT2D eigenvalue weighted by Crippen LogP contribution is 2.50. The van der Waals surface area contributed by atoms with Crippen LogP contribution in [0, 0.1) is 25.6 Å². The Morgan fingerprint density at radius 1 is 1.14 bits per heavy atom. The molecule has 1 nitrogen and oxygen atoms in total. The number of hydrogen-bond acceptors (Lipinski definition) is 1. The Morgan fingerprint density at radius 2 is 2.00 bits per heavy atom. The predicted molar refractivity (Wildman–Crippen MR) is 88.7 cm³/mol. The first-order chi connectivity index (χ1) is 10.6. The molecule has 1 heterocycles. The molecule has 0 unspecified atom stereocenters. The van der Waals surface area contributed by atoms with Gasteiger partial charge in [-0.2, -0.15) is 0 Å². The average Bonchev–Trinajstić information content (AvgIpc) is 2.96. The van der Waals surface area contributed by atoms with E-state index < -0.39 is 0 Å². The van der Waals surface area contributed by atoms with Gasteiger partial charge in [0.1, 0.15) is 5.82 Å². The average molecular weight is 293 g/mol. The standard InChI is InChI=1S/C20H20FN/c1-12-9-13(2)19-18(10-12)16-7-4-8-17(16)20(22-19)14-5-3-6-15(21)11-14/h3-7,9-11,16-17,20,22H,8H2,1-2H3/t16-,17-,20+/m1/s1. The lowest BCUT2D eigenvalue weighted by atomic mass is 9.76. The van der Waals surface area contributed by atoms with Crippen LogP contribution >= 0.6 is 0 Å². The summed E-state index contributed by atoms with van der Waals surface area (Å²) < 4.78 is 13.7. The lowest BCUT2D eigenvalue weighted by molar-refractivity contribution is 0.423. The van der Waals surface area contributed by atoms with E-state index in [-0.39, 0.29) is 11.9 Å². The molecule has 0 amide bonds. The van der Waals surface area contributed by atoms with Gasteiger partial charge in [-0.15, -0.1) is 0 Å². The first-order valence-electron chi connectivity index (χ1n) is 7.93. The van der Waals surface area contributed by atoms with Crippen molar-refractivity contribution in [2.24, 2.45) is 5.92 Å². The molecule has 1 aliphatic heterocycles. The van der Waals surface area contributed by atoms with Crippen LogP contribution in [0.5, 0.6) is 0 Å². The van der Waals surface area contributed by atoms with Gasteiger partial charge >= 0.3 is 0 Å². The molecule has 2 heteroatoms. The maximum absolute atomic E-state index is 13.7. The Balaban J connectivity index is 1.84. The normalized spacial score (nSPS) is 25.5. The van der Waals surface area contributed by atoms with Crippen molar-refractivity contribution in [1.82, 2.24) is 0 Å². The van der Waals surface area contributed by atoms with Crippen molar-refractivity contribution in [2.45, 2.75) is 32.2 Å². The minimum atomic E-state index is -0.159. The van der Waals surface area contributed by atoms with E-state index in [4.69, 9.17) is 0 Å². The summed E-state index contributed by atoms with van der Waals surface area (Å²) in [6.07, 6.45) is 5.65. The smallest absolute Gasteiger partial charge is 0.123 e. The van der Waals surface area contributed by atoms with E-state index in [1.54, 1.807) is 12.1 Å². The molecule has 22 heavy (non-hydrogen) atoms. The van der Waals surface area contributed by atoms with Crippen molar-refractivity contribution in [1.29, 1.82) is 0 Å². The zero-order valence-electron chi connectivity index (χ0n) is 12.9. The van der Waals surface area contributed by atoms with E-state index in [1.165, 1.54) is 28.4 Å². The summed E-state index contributed by atoms with van der Waals surface area (Å²) in [6.45, 7) is 4.31. The Hall–Kier alpha value is -2.09. The minimum Gasteiger partial charge on any atom is -0.377 e.